The smallest absolute Gasteiger partial charge is 0.164 e. The molecular weight excluding hydrogens is 256 g/mol. The summed E-state index contributed by atoms with van der Waals surface area (Å²) in [5.74, 6) is 0.192. The Hall–Kier alpha value is -2.15. The van der Waals surface area contributed by atoms with Gasteiger partial charge in [-0.25, -0.2) is 0 Å². The molecule has 2 aromatic carbocycles. The fourth-order valence-electron chi connectivity index (χ4n) is 2.24. The molecule has 21 heavy (non-hydrogen) atoms. The third-order valence-electron chi connectivity index (χ3n) is 3.19. The number of benzene rings is 2. The van der Waals surface area contributed by atoms with Crippen LogP contribution in [-0.4, -0.2) is 5.78 Å². The maximum absolute atomic E-state index is 12.7. The van der Waals surface area contributed by atoms with Gasteiger partial charge in [0.2, 0.25) is 0 Å². The predicted molar refractivity (Wildman–Crippen MR) is 89.8 cm³/mol. The summed E-state index contributed by atoms with van der Waals surface area (Å²) in [6.45, 7) is 6.28. The van der Waals surface area contributed by atoms with Crippen molar-refractivity contribution >= 4 is 17.4 Å². The van der Waals surface area contributed by atoms with E-state index in [0.717, 1.165) is 16.7 Å². The van der Waals surface area contributed by atoms with E-state index in [2.05, 4.69) is 20.8 Å². The van der Waals surface area contributed by atoms with E-state index < -0.39 is 0 Å². The minimum absolute atomic E-state index is 0.0123. The standard InChI is InChI=1S/C20H22O/c1-20(2,3)15-19(21)18(17-12-8-5-9-13-17)14-16-10-6-4-7-11-16/h4-14H,15H2,1-3H3/b18-14+. The summed E-state index contributed by atoms with van der Waals surface area (Å²) in [5.41, 5.74) is 2.81. The van der Waals surface area contributed by atoms with Crippen LogP contribution in [0.4, 0.5) is 0 Å². The Morgan fingerprint density at radius 1 is 0.905 bits per heavy atom. The SMILES string of the molecule is CC(C)(C)CC(=O)/C(=C/c1ccccc1)c1ccccc1. The van der Waals surface area contributed by atoms with Crippen molar-refractivity contribution in [2.45, 2.75) is 27.2 Å². The fourth-order valence-corrected chi connectivity index (χ4v) is 2.24. The topological polar surface area (TPSA) is 17.1 Å². The number of hydrogen-bond acceptors (Lipinski definition) is 1. The fraction of sp³-hybridized carbons (Fsp3) is 0.250. The monoisotopic (exact) mass is 278 g/mol. The second-order valence-electron chi connectivity index (χ2n) is 6.50. The van der Waals surface area contributed by atoms with Crippen LogP contribution in [0.15, 0.2) is 60.7 Å². The molecule has 0 aliphatic rings. The summed E-state index contributed by atoms with van der Waals surface area (Å²) in [7, 11) is 0. The van der Waals surface area contributed by atoms with Crippen LogP contribution in [0.3, 0.4) is 0 Å². The van der Waals surface area contributed by atoms with Crippen molar-refractivity contribution in [2.24, 2.45) is 5.41 Å². The Morgan fingerprint density at radius 3 is 1.95 bits per heavy atom. The van der Waals surface area contributed by atoms with Gasteiger partial charge < -0.3 is 0 Å². The first kappa shape index (κ1) is 15.2. The highest BCUT2D eigenvalue weighted by atomic mass is 16.1. The van der Waals surface area contributed by atoms with Gasteiger partial charge in [-0.2, -0.15) is 0 Å². The lowest BCUT2D eigenvalue weighted by atomic mass is 9.85. The van der Waals surface area contributed by atoms with E-state index in [1.807, 2.05) is 66.7 Å². The lowest BCUT2D eigenvalue weighted by Crippen LogP contribution is -2.14. The molecule has 0 N–H and O–H groups in total. The van der Waals surface area contributed by atoms with Gasteiger partial charge in [-0.3, -0.25) is 4.79 Å². The lowest BCUT2D eigenvalue weighted by molar-refractivity contribution is -0.115. The number of rotatable bonds is 4. The van der Waals surface area contributed by atoms with Gasteiger partial charge in [0.25, 0.3) is 0 Å². The first-order valence-electron chi connectivity index (χ1n) is 7.31. The molecule has 0 unspecified atom stereocenters. The van der Waals surface area contributed by atoms with Crippen LogP contribution >= 0.6 is 0 Å². The van der Waals surface area contributed by atoms with Crippen molar-refractivity contribution in [2.75, 3.05) is 0 Å². The van der Waals surface area contributed by atoms with Gasteiger partial charge >= 0.3 is 0 Å². The molecule has 2 aromatic rings. The van der Waals surface area contributed by atoms with Gasteiger partial charge in [-0.15, -0.1) is 0 Å². The van der Waals surface area contributed by atoms with E-state index in [1.54, 1.807) is 0 Å². The largest absolute Gasteiger partial charge is 0.294 e. The summed E-state index contributed by atoms with van der Waals surface area (Å²) in [5, 5.41) is 0. The second kappa shape index (κ2) is 6.53. The van der Waals surface area contributed by atoms with E-state index in [1.165, 1.54) is 0 Å². The Morgan fingerprint density at radius 2 is 1.43 bits per heavy atom. The highest BCUT2D eigenvalue weighted by molar-refractivity contribution is 6.25. The van der Waals surface area contributed by atoms with Gasteiger partial charge in [0, 0.05) is 12.0 Å². The van der Waals surface area contributed by atoms with E-state index in [-0.39, 0.29) is 11.2 Å². The molecule has 0 radical (unpaired) electrons. The summed E-state index contributed by atoms with van der Waals surface area (Å²) in [6, 6.07) is 19.9. The molecule has 0 aromatic heterocycles. The van der Waals surface area contributed by atoms with Crippen molar-refractivity contribution in [3.05, 3.63) is 71.8 Å². The van der Waals surface area contributed by atoms with Crippen LogP contribution in [-0.2, 0) is 4.79 Å². The third kappa shape index (κ3) is 4.71. The summed E-state index contributed by atoms with van der Waals surface area (Å²) >= 11 is 0. The second-order valence-corrected chi connectivity index (χ2v) is 6.50. The van der Waals surface area contributed by atoms with Crippen LogP contribution in [0.5, 0.6) is 0 Å². The zero-order valence-electron chi connectivity index (χ0n) is 13.0. The average Bonchev–Trinajstić information content (AvgIpc) is 2.45. The molecule has 0 heterocycles. The maximum Gasteiger partial charge on any atom is 0.164 e. The van der Waals surface area contributed by atoms with E-state index >= 15 is 0 Å². The zero-order chi connectivity index (χ0) is 15.3. The molecule has 0 spiro atoms. The molecule has 0 fully saturated rings. The van der Waals surface area contributed by atoms with Gasteiger partial charge in [0.1, 0.15) is 0 Å². The van der Waals surface area contributed by atoms with Crippen molar-refractivity contribution in [3.63, 3.8) is 0 Å². The van der Waals surface area contributed by atoms with Crippen LogP contribution in [0, 0.1) is 5.41 Å². The quantitative estimate of drug-likeness (QED) is 0.552. The molecule has 0 saturated heterocycles. The predicted octanol–water partition coefficient (Wildman–Crippen LogP) is 5.23. The molecule has 0 bridgehead atoms. The zero-order valence-corrected chi connectivity index (χ0v) is 13.0. The van der Waals surface area contributed by atoms with Crippen molar-refractivity contribution in [3.8, 4) is 0 Å². The first-order chi connectivity index (χ1) is 9.96. The number of carbonyl (C=O) groups is 1. The first-order valence-corrected chi connectivity index (χ1v) is 7.31. The highest BCUT2D eigenvalue weighted by Gasteiger charge is 2.20. The van der Waals surface area contributed by atoms with Gasteiger partial charge in [-0.1, -0.05) is 81.4 Å². The van der Waals surface area contributed by atoms with E-state index in [4.69, 9.17) is 0 Å². The van der Waals surface area contributed by atoms with Crippen molar-refractivity contribution < 1.29 is 4.79 Å². The van der Waals surface area contributed by atoms with E-state index in [9.17, 15) is 4.79 Å². The molecule has 0 amide bonds. The highest BCUT2D eigenvalue weighted by Crippen LogP contribution is 2.27. The summed E-state index contributed by atoms with van der Waals surface area (Å²) < 4.78 is 0. The van der Waals surface area contributed by atoms with Crippen LogP contribution in [0.25, 0.3) is 11.6 Å². The molecule has 1 nitrogen and oxygen atoms in total. The number of hydrogen-bond donors (Lipinski definition) is 0. The normalized spacial score (nSPS) is 12.2. The van der Waals surface area contributed by atoms with Crippen molar-refractivity contribution in [1.29, 1.82) is 0 Å². The minimum Gasteiger partial charge on any atom is -0.294 e. The molecular formula is C20H22O. The van der Waals surface area contributed by atoms with E-state index in [0.29, 0.717) is 6.42 Å². The van der Waals surface area contributed by atoms with Gasteiger partial charge in [0.15, 0.2) is 5.78 Å². The van der Waals surface area contributed by atoms with Gasteiger partial charge in [-0.05, 0) is 22.6 Å². The molecule has 108 valence electrons. The number of allylic oxidation sites excluding steroid dienone is 1. The lowest BCUT2D eigenvalue weighted by Gasteiger charge is -2.18. The number of ketones is 1. The number of carbonyl (C=O) groups excluding carboxylic acids is 1. The van der Waals surface area contributed by atoms with Crippen LogP contribution in [0.2, 0.25) is 0 Å². The maximum atomic E-state index is 12.7. The molecule has 1 heteroatoms. The van der Waals surface area contributed by atoms with Crippen LogP contribution in [0.1, 0.15) is 38.3 Å². The summed E-state index contributed by atoms with van der Waals surface area (Å²) in [4.78, 5) is 12.7. The Bertz CT molecular complexity index is 616. The Balaban J connectivity index is 2.41. The molecule has 0 aliphatic heterocycles. The third-order valence-corrected chi connectivity index (χ3v) is 3.19. The van der Waals surface area contributed by atoms with Crippen LogP contribution < -0.4 is 0 Å². The molecule has 2 rings (SSSR count). The van der Waals surface area contributed by atoms with Gasteiger partial charge in [0.05, 0.1) is 0 Å². The minimum atomic E-state index is -0.0123. The molecule has 0 saturated carbocycles. The molecule has 0 atom stereocenters. The summed E-state index contributed by atoms with van der Waals surface area (Å²) in [6.07, 6.45) is 2.53. The van der Waals surface area contributed by atoms with Crippen molar-refractivity contribution in [1.82, 2.24) is 0 Å². The Kier molecular flexibility index (Phi) is 4.74. The Labute approximate surface area is 127 Å². The number of Topliss-reactive ketones (excluding diaryl/α,β-unsaturated/α-hetero) is 1. The molecule has 0 aliphatic carbocycles. The average molecular weight is 278 g/mol.